The molecule has 2 nitrogen and oxygen atoms in total. The van der Waals surface area contributed by atoms with Crippen LogP contribution in [-0.4, -0.2) is 8.42 Å². The van der Waals surface area contributed by atoms with Crippen molar-refractivity contribution in [3.8, 4) is 0 Å². The Bertz CT molecular complexity index is 626. The molecule has 2 rings (SSSR count). The highest BCUT2D eigenvalue weighted by atomic mass is 32.2. The molecule has 3 heteroatoms. The third kappa shape index (κ3) is 2.24. The van der Waals surface area contributed by atoms with Crippen LogP contribution >= 0.6 is 0 Å². The van der Waals surface area contributed by atoms with Gasteiger partial charge in [0.05, 0.1) is 9.79 Å². The molecule has 0 aromatic heterocycles. The van der Waals surface area contributed by atoms with Gasteiger partial charge in [0.1, 0.15) is 0 Å². The van der Waals surface area contributed by atoms with Gasteiger partial charge in [-0.05, 0) is 37.6 Å². The van der Waals surface area contributed by atoms with Gasteiger partial charge in [-0.1, -0.05) is 35.9 Å². The van der Waals surface area contributed by atoms with Crippen molar-refractivity contribution < 1.29 is 8.42 Å². The van der Waals surface area contributed by atoms with Gasteiger partial charge in [0.2, 0.25) is 9.84 Å². The van der Waals surface area contributed by atoms with E-state index < -0.39 is 9.84 Å². The summed E-state index contributed by atoms with van der Waals surface area (Å²) in [5, 5.41) is 0. The summed E-state index contributed by atoms with van der Waals surface area (Å²) in [7, 11) is -3.39. The fraction of sp³-hybridized carbons (Fsp3) is 0.143. The van der Waals surface area contributed by atoms with E-state index in [1.807, 2.05) is 25.1 Å². The number of rotatable bonds is 2. The highest BCUT2D eigenvalue weighted by molar-refractivity contribution is 7.91. The van der Waals surface area contributed by atoms with E-state index in [0.29, 0.717) is 9.79 Å². The van der Waals surface area contributed by atoms with Gasteiger partial charge < -0.3 is 0 Å². The zero-order valence-electron chi connectivity index (χ0n) is 9.84. The summed E-state index contributed by atoms with van der Waals surface area (Å²) in [5.41, 5.74) is 1.82. The highest BCUT2D eigenvalue weighted by Crippen LogP contribution is 2.23. The molecule has 88 valence electrons. The molecule has 0 radical (unpaired) electrons. The largest absolute Gasteiger partial charge is 0.219 e. The molecule has 0 spiro atoms. The van der Waals surface area contributed by atoms with Crippen LogP contribution in [0.1, 0.15) is 11.1 Å². The summed E-state index contributed by atoms with van der Waals surface area (Å²) in [5.74, 6) is 0. The quantitative estimate of drug-likeness (QED) is 0.815. The molecule has 2 aromatic carbocycles. The first-order valence-corrected chi connectivity index (χ1v) is 6.87. The molecule has 0 saturated heterocycles. The van der Waals surface area contributed by atoms with Crippen LogP contribution in [0.15, 0.2) is 58.3 Å². The Kier molecular flexibility index (Phi) is 3.03. The molecule has 0 amide bonds. The van der Waals surface area contributed by atoms with E-state index in [2.05, 4.69) is 0 Å². The Morgan fingerprint density at radius 1 is 0.824 bits per heavy atom. The lowest BCUT2D eigenvalue weighted by molar-refractivity contribution is 0.595. The predicted octanol–water partition coefficient (Wildman–Crippen LogP) is 3.14. The van der Waals surface area contributed by atoms with Crippen LogP contribution in [0, 0.1) is 13.8 Å². The van der Waals surface area contributed by atoms with Crippen LogP contribution in [0.4, 0.5) is 0 Å². The first-order valence-electron chi connectivity index (χ1n) is 5.39. The Balaban J connectivity index is 2.58. The van der Waals surface area contributed by atoms with E-state index in [1.54, 1.807) is 37.3 Å². The Morgan fingerprint density at radius 2 is 1.41 bits per heavy atom. The van der Waals surface area contributed by atoms with Crippen molar-refractivity contribution in [2.45, 2.75) is 23.6 Å². The topological polar surface area (TPSA) is 34.1 Å². The van der Waals surface area contributed by atoms with Crippen LogP contribution in [0.3, 0.4) is 0 Å². The summed E-state index contributed by atoms with van der Waals surface area (Å²) in [6, 6.07) is 14.0. The monoisotopic (exact) mass is 246 g/mol. The van der Waals surface area contributed by atoms with Gasteiger partial charge in [-0.25, -0.2) is 8.42 Å². The zero-order chi connectivity index (χ0) is 12.5. The van der Waals surface area contributed by atoms with E-state index in [4.69, 9.17) is 0 Å². The maximum absolute atomic E-state index is 12.4. The second kappa shape index (κ2) is 4.34. The van der Waals surface area contributed by atoms with Crippen molar-refractivity contribution in [2.75, 3.05) is 0 Å². The summed E-state index contributed by atoms with van der Waals surface area (Å²) in [4.78, 5) is 0.723. The van der Waals surface area contributed by atoms with Gasteiger partial charge in [0, 0.05) is 0 Å². The Morgan fingerprint density at radius 3 is 2.00 bits per heavy atom. The summed E-state index contributed by atoms with van der Waals surface area (Å²) in [6.07, 6.45) is 0. The van der Waals surface area contributed by atoms with Crippen molar-refractivity contribution in [1.82, 2.24) is 0 Å². The summed E-state index contributed by atoms with van der Waals surface area (Å²) >= 11 is 0. The van der Waals surface area contributed by atoms with Crippen LogP contribution < -0.4 is 0 Å². The van der Waals surface area contributed by atoms with Crippen molar-refractivity contribution in [1.29, 1.82) is 0 Å². The standard InChI is InChI=1S/C14H14O2S/c1-11-7-9-13(10-8-11)17(15,16)14-6-4-3-5-12(14)2/h3-10H,1-2H3. The van der Waals surface area contributed by atoms with Crippen LogP contribution in [-0.2, 0) is 9.84 Å². The highest BCUT2D eigenvalue weighted by Gasteiger charge is 2.18. The Hall–Kier alpha value is -1.61. The lowest BCUT2D eigenvalue weighted by atomic mass is 10.2. The smallest absolute Gasteiger partial charge is 0.206 e. The first kappa shape index (κ1) is 11.9. The second-order valence-corrected chi connectivity index (χ2v) is 6.00. The van der Waals surface area contributed by atoms with Crippen molar-refractivity contribution in [2.24, 2.45) is 0 Å². The molecule has 0 saturated carbocycles. The maximum Gasteiger partial charge on any atom is 0.206 e. The minimum absolute atomic E-state index is 0.345. The first-order chi connectivity index (χ1) is 8.01. The predicted molar refractivity (Wildman–Crippen MR) is 67.8 cm³/mol. The number of hydrogen-bond acceptors (Lipinski definition) is 2. The molecule has 0 heterocycles. The van der Waals surface area contributed by atoms with E-state index in [9.17, 15) is 8.42 Å². The molecular weight excluding hydrogens is 232 g/mol. The zero-order valence-corrected chi connectivity index (χ0v) is 10.7. The van der Waals surface area contributed by atoms with Gasteiger partial charge in [-0.3, -0.25) is 0 Å². The van der Waals surface area contributed by atoms with Gasteiger partial charge in [-0.2, -0.15) is 0 Å². The molecular formula is C14H14O2S. The van der Waals surface area contributed by atoms with Gasteiger partial charge in [-0.15, -0.1) is 0 Å². The second-order valence-electron chi connectivity index (χ2n) is 4.08. The molecule has 17 heavy (non-hydrogen) atoms. The Labute approximate surface area is 102 Å². The number of aryl methyl sites for hydroxylation is 2. The SMILES string of the molecule is Cc1ccc(S(=O)(=O)c2ccccc2C)cc1. The maximum atomic E-state index is 12.4. The molecule has 0 aliphatic carbocycles. The van der Waals surface area contributed by atoms with Crippen molar-refractivity contribution in [3.05, 3.63) is 59.7 Å². The molecule has 0 atom stereocenters. The van der Waals surface area contributed by atoms with E-state index in [0.717, 1.165) is 11.1 Å². The van der Waals surface area contributed by atoms with Crippen molar-refractivity contribution >= 4 is 9.84 Å². The third-order valence-corrected chi connectivity index (χ3v) is 4.64. The minimum atomic E-state index is -3.39. The van der Waals surface area contributed by atoms with Crippen LogP contribution in [0.2, 0.25) is 0 Å². The average Bonchev–Trinajstić information content (AvgIpc) is 2.30. The van der Waals surface area contributed by atoms with Crippen molar-refractivity contribution in [3.63, 3.8) is 0 Å². The summed E-state index contributed by atoms with van der Waals surface area (Å²) in [6.45, 7) is 3.74. The fourth-order valence-corrected chi connectivity index (χ4v) is 3.20. The molecule has 0 aliphatic rings. The van der Waals surface area contributed by atoms with E-state index in [1.165, 1.54) is 0 Å². The van der Waals surface area contributed by atoms with E-state index in [-0.39, 0.29) is 0 Å². The molecule has 0 unspecified atom stereocenters. The van der Waals surface area contributed by atoms with Gasteiger partial charge in [0.25, 0.3) is 0 Å². The molecule has 0 N–H and O–H groups in total. The fourth-order valence-electron chi connectivity index (χ4n) is 1.70. The molecule has 0 bridgehead atoms. The number of hydrogen-bond donors (Lipinski definition) is 0. The normalized spacial score (nSPS) is 11.4. The number of sulfone groups is 1. The lowest BCUT2D eigenvalue weighted by Crippen LogP contribution is -2.03. The number of benzene rings is 2. The van der Waals surface area contributed by atoms with Gasteiger partial charge >= 0.3 is 0 Å². The lowest BCUT2D eigenvalue weighted by Gasteiger charge is -2.07. The summed E-state index contributed by atoms with van der Waals surface area (Å²) < 4.78 is 24.7. The van der Waals surface area contributed by atoms with Crippen LogP contribution in [0.25, 0.3) is 0 Å². The molecule has 0 aliphatic heterocycles. The molecule has 0 fully saturated rings. The third-order valence-electron chi connectivity index (χ3n) is 2.71. The molecule has 2 aromatic rings. The minimum Gasteiger partial charge on any atom is -0.219 e. The van der Waals surface area contributed by atoms with E-state index >= 15 is 0 Å². The van der Waals surface area contributed by atoms with Gasteiger partial charge in [0.15, 0.2) is 0 Å². The van der Waals surface area contributed by atoms with Crippen LogP contribution in [0.5, 0.6) is 0 Å². The average molecular weight is 246 g/mol.